The van der Waals surface area contributed by atoms with Gasteiger partial charge >= 0.3 is 0 Å². The van der Waals surface area contributed by atoms with Crippen molar-refractivity contribution < 1.29 is 0 Å². The van der Waals surface area contributed by atoms with E-state index in [0.717, 1.165) is 54.6 Å². The smallest absolute Gasteiger partial charge is 0.225 e. The largest absolute Gasteiger partial charge is 0.357 e. The number of hydrogen-bond acceptors (Lipinski definition) is 7. The number of aromatic nitrogens is 6. The molecule has 1 saturated heterocycles. The van der Waals surface area contributed by atoms with E-state index in [-0.39, 0.29) is 0 Å². The molecule has 6 rings (SSSR count). The second kappa shape index (κ2) is 8.44. The number of fused-ring (bicyclic) bond motifs is 3. The summed E-state index contributed by atoms with van der Waals surface area (Å²) in [5.74, 6) is 3.95. The molecule has 0 aliphatic carbocycles. The van der Waals surface area contributed by atoms with Gasteiger partial charge in [-0.15, -0.1) is 10.2 Å². The maximum atomic E-state index is 6.39. The summed E-state index contributed by atoms with van der Waals surface area (Å²) in [6.07, 6.45) is 7.38. The van der Waals surface area contributed by atoms with Crippen LogP contribution in [0.5, 0.6) is 0 Å². The van der Waals surface area contributed by atoms with Gasteiger partial charge in [-0.25, -0.2) is 15.0 Å². The first-order chi connectivity index (χ1) is 16.3. The van der Waals surface area contributed by atoms with E-state index in [0.29, 0.717) is 30.0 Å². The fourth-order valence-electron chi connectivity index (χ4n) is 4.79. The lowest BCUT2D eigenvalue weighted by molar-refractivity contribution is 0.477. The first-order valence-electron chi connectivity index (χ1n) is 11.2. The highest BCUT2D eigenvalue weighted by Gasteiger charge is 2.30. The Bertz CT molecular complexity index is 1250. The van der Waals surface area contributed by atoms with Gasteiger partial charge in [0.2, 0.25) is 5.95 Å². The fraction of sp³-hybridized carbons (Fsp3) is 0.292. The third-order valence-corrected chi connectivity index (χ3v) is 6.63. The van der Waals surface area contributed by atoms with Crippen LogP contribution in [0.1, 0.15) is 36.0 Å². The number of rotatable bonds is 3. The highest BCUT2D eigenvalue weighted by atomic mass is 35.5. The summed E-state index contributed by atoms with van der Waals surface area (Å²) in [5, 5.41) is 10.0. The molecule has 0 atom stereocenters. The molecule has 0 saturated carbocycles. The molecule has 0 bridgehead atoms. The van der Waals surface area contributed by atoms with Gasteiger partial charge in [-0.2, -0.15) is 0 Å². The minimum Gasteiger partial charge on any atom is -0.357 e. The van der Waals surface area contributed by atoms with Crippen LogP contribution in [0.15, 0.2) is 61.1 Å². The van der Waals surface area contributed by atoms with Crippen LogP contribution in [0.3, 0.4) is 0 Å². The van der Waals surface area contributed by atoms with Crippen molar-refractivity contribution in [2.45, 2.75) is 31.8 Å². The molecule has 2 aliphatic rings. The quantitative estimate of drug-likeness (QED) is 0.459. The average Bonchev–Trinajstić information content (AvgIpc) is 3.21. The van der Waals surface area contributed by atoms with Gasteiger partial charge in [0.25, 0.3) is 0 Å². The van der Waals surface area contributed by atoms with Crippen molar-refractivity contribution in [1.82, 2.24) is 29.7 Å². The molecule has 1 aromatic carbocycles. The number of anilines is 2. The summed E-state index contributed by atoms with van der Waals surface area (Å²) in [4.78, 5) is 17.9. The van der Waals surface area contributed by atoms with Gasteiger partial charge in [0.1, 0.15) is 11.6 Å². The zero-order valence-electron chi connectivity index (χ0n) is 18.0. The molecule has 0 amide bonds. The number of nitrogens with zero attached hydrogens (tertiary/aromatic N) is 8. The van der Waals surface area contributed by atoms with E-state index in [1.807, 2.05) is 36.5 Å². The Balaban J connectivity index is 1.34. The van der Waals surface area contributed by atoms with E-state index in [1.165, 1.54) is 0 Å². The standard InChI is InChI=1S/C24H23ClN8/c25-19-5-6-20-18(14-19)15-32(24-27-10-3-11-28-24)16-22-29-30-23(33(20)22)17-7-12-31(13-8-17)21-4-1-2-9-26-21/h1-6,9-11,14,17H,7-8,12-13,15-16H2. The Morgan fingerprint density at radius 3 is 2.42 bits per heavy atom. The second-order valence-corrected chi connectivity index (χ2v) is 8.87. The normalized spacial score (nSPS) is 16.3. The Kier molecular flexibility index (Phi) is 5.14. The fourth-order valence-corrected chi connectivity index (χ4v) is 4.99. The van der Waals surface area contributed by atoms with Crippen LogP contribution in [0.4, 0.5) is 11.8 Å². The van der Waals surface area contributed by atoms with Gasteiger partial charge in [0, 0.05) is 49.2 Å². The molecular weight excluding hydrogens is 436 g/mol. The summed E-state index contributed by atoms with van der Waals surface area (Å²) in [5.41, 5.74) is 2.20. The molecule has 166 valence electrons. The predicted molar refractivity (Wildman–Crippen MR) is 127 cm³/mol. The number of hydrogen-bond donors (Lipinski definition) is 0. The minimum atomic E-state index is 0.328. The van der Waals surface area contributed by atoms with Gasteiger partial charge in [-0.1, -0.05) is 17.7 Å². The zero-order valence-corrected chi connectivity index (χ0v) is 18.8. The monoisotopic (exact) mass is 458 g/mol. The van der Waals surface area contributed by atoms with Crippen molar-refractivity contribution in [3.05, 3.63) is 83.3 Å². The Labute approximate surface area is 196 Å². The Morgan fingerprint density at radius 2 is 1.64 bits per heavy atom. The van der Waals surface area contributed by atoms with Crippen molar-refractivity contribution >= 4 is 23.4 Å². The molecule has 5 heterocycles. The number of pyridine rings is 1. The highest BCUT2D eigenvalue weighted by molar-refractivity contribution is 6.30. The summed E-state index contributed by atoms with van der Waals surface area (Å²) in [6, 6.07) is 13.9. The van der Waals surface area contributed by atoms with Crippen LogP contribution in [0.2, 0.25) is 5.02 Å². The van der Waals surface area contributed by atoms with Crippen LogP contribution in [0, 0.1) is 0 Å². The van der Waals surface area contributed by atoms with Crippen LogP contribution >= 0.6 is 11.6 Å². The highest BCUT2D eigenvalue weighted by Crippen LogP contribution is 2.34. The van der Waals surface area contributed by atoms with E-state index in [1.54, 1.807) is 12.4 Å². The Morgan fingerprint density at radius 1 is 0.818 bits per heavy atom. The SMILES string of the molecule is Clc1ccc2c(c1)CN(c1ncccn1)Cc1nnc(C3CCN(c4ccccn4)CC3)n1-2. The van der Waals surface area contributed by atoms with Crippen LogP contribution in [0.25, 0.3) is 5.69 Å². The van der Waals surface area contributed by atoms with Crippen LogP contribution in [-0.4, -0.2) is 42.8 Å². The van der Waals surface area contributed by atoms with Crippen molar-refractivity contribution in [2.75, 3.05) is 22.9 Å². The summed E-state index contributed by atoms with van der Waals surface area (Å²) in [6.45, 7) is 3.12. The van der Waals surface area contributed by atoms with E-state index < -0.39 is 0 Å². The average molecular weight is 459 g/mol. The molecule has 0 N–H and O–H groups in total. The first kappa shape index (κ1) is 20.1. The van der Waals surface area contributed by atoms with Crippen molar-refractivity contribution in [2.24, 2.45) is 0 Å². The maximum absolute atomic E-state index is 6.39. The first-order valence-corrected chi connectivity index (χ1v) is 11.5. The van der Waals surface area contributed by atoms with Gasteiger partial charge < -0.3 is 9.80 Å². The lowest BCUT2D eigenvalue weighted by Gasteiger charge is -2.32. The molecule has 8 nitrogen and oxygen atoms in total. The third-order valence-electron chi connectivity index (χ3n) is 6.40. The number of benzene rings is 1. The van der Waals surface area contributed by atoms with Crippen molar-refractivity contribution in [1.29, 1.82) is 0 Å². The predicted octanol–water partition coefficient (Wildman–Crippen LogP) is 4.01. The van der Waals surface area contributed by atoms with Gasteiger partial charge in [0.15, 0.2) is 5.82 Å². The Hall–Kier alpha value is -3.52. The molecule has 1 fully saturated rings. The number of piperidine rings is 1. The van der Waals surface area contributed by atoms with E-state index in [2.05, 4.69) is 51.6 Å². The summed E-state index contributed by atoms with van der Waals surface area (Å²) in [7, 11) is 0. The molecular formula is C24H23ClN8. The van der Waals surface area contributed by atoms with Crippen LogP contribution in [-0.2, 0) is 13.1 Å². The van der Waals surface area contributed by atoms with E-state index in [9.17, 15) is 0 Å². The van der Waals surface area contributed by atoms with Gasteiger partial charge in [0.05, 0.1) is 12.2 Å². The summed E-state index contributed by atoms with van der Waals surface area (Å²) < 4.78 is 2.23. The van der Waals surface area contributed by atoms with E-state index in [4.69, 9.17) is 11.6 Å². The second-order valence-electron chi connectivity index (χ2n) is 8.44. The zero-order chi connectivity index (χ0) is 22.2. The lowest BCUT2D eigenvalue weighted by Crippen LogP contribution is -2.34. The summed E-state index contributed by atoms with van der Waals surface area (Å²) >= 11 is 6.39. The molecule has 0 unspecified atom stereocenters. The molecule has 0 radical (unpaired) electrons. The topological polar surface area (TPSA) is 75.9 Å². The van der Waals surface area contributed by atoms with Gasteiger partial charge in [-0.05, 0) is 54.8 Å². The van der Waals surface area contributed by atoms with Crippen molar-refractivity contribution in [3.8, 4) is 5.69 Å². The van der Waals surface area contributed by atoms with Crippen molar-refractivity contribution in [3.63, 3.8) is 0 Å². The maximum Gasteiger partial charge on any atom is 0.225 e. The minimum absolute atomic E-state index is 0.328. The molecule has 33 heavy (non-hydrogen) atoms. The van der Waals surface area contributed by atoms with Gasteiger partial charge in [-0.3, -0.25) is 4.57 Å². The molecule has 0 spiro atoms. The number of halogens is 1. The van der Waals surface area contributed by atoms with Crippen LogP contribution < -0.4 is 9.80 Å². The third kappa shape index (κ3) is 3.80. The molecule has 9 heteroatoms. The molecule has 3 aromatic heterocycles. The lowest BCUT2D eigenvalue weighted by atomic mass is 9.95. The van der Waals surface area contributed by atoms with E-state index >= 15 is 0 Å². The molecule has 4 aromatic rings. The molecule has 2 aliphatic heterocycles.